The van der Waals surface area contributed by atoms with Crippen LogP contribution in [0.4, 0.5) is 5.69 Å². The van der Waals surface area contributed by atoms with Gasteiger partial charge in [0.25, 0.3) is 5.91 Å². The molecule has 2 saturated carbocycles. The number of carbonyl (C=O) groups is 1. The molecule has 0 radical (unpaired) electrons. The van der Waals surface area contributed by atoms with E-state index in [1.807, 2.05) is 25.5 Å². The van der Waals surface area contributed by atoms with Crippen LogP contribution in [0.25, 0.3) is 0 Å². The van der Waals surface area contributed by atoms with E-state index in [1.165, 1.54) is 49.9 Å². The van der Waals surface area contributed by atoms with Gasteiger partial charge in [0, 0.05) is 35.5 Å². The van der Waals surface area contributed by atoms with Gasteiger partial charge in [-0.15, -0.1) is 11.3 Å². The van der Waals surface area contributed by atoms with Crippen LogP contribution in [0.1, 0.15) is 65.4 Å². The highest BCUT2D eigenvalue weighted by atomic mass is 32.1. The van der Waals surface area contributed by atoms with E-state index in [1.54, 1.807) is 16.0 Å². The van der Waals surface area contributed by atoms with E-state index in [9.17, 15) is 4.79 Å². The minimum Gasteiger partial charge on any atom is -0.319 e. The Kier molecular flexibility index (Phi) is 5.14. The number of carbonyl (C=O) groups excluding carboxylic acids is 1. The second kappa shape index (κ2) is 7.53. The zero-order chi connectivity index (χ0) is 18.1. The van der Waals surface area contributed by atoms with Gasteiger partial charge in [0.2, 0.25) is 0 Å². The van der Waals surface area contributed by atoms with Gasteiger partial charge < -0.3 is 10.6 Å². The maximum atomic E-state index is 12.5. The standard InChI is InChI=1S/C20H28N4OS/c1-13-18(11-24(2)23-13)22-20(25)15-8-19(26-12-15)16-9-17(16)21-10-14-6-4-3-5-7-14/h8,11-12,14,16-17,21H,3-7,9-10H2,1-2H3,(H,22,25)/t16-,17?/m1/s1. The van der Waals surface area contributed by atoms with Gasteiger partial charge in [-0.05, 0) is 44.7 Å². The summed E-state index contributed by atoms with van der Waals surface area (Å²) in [5.41, 5.74) is 2.38. The molecule has 0 saturated heterocycles. The smallest absolute Gasteiger partial charge is 0.256 e. The predicted molar refractivity (Wildman–Crippen MR) is 106 cm³/mol. The highest BCUT2D eigenvalue weighted by Crippen LogP contribution is 2.44. The molecule has 0 spiro atoms. The minimum atomic E-state index is -0.0454. The van der Waals surface area contributed by atoms with Gasteiger partial charge in [0.1, 0.15) is 0 Å². The molecule has 1 unspecified atom stereocenters. The number of nitrogens with zero attached hydrogens (tertiary/aromatic N) is 2. The molecule has 2 fully saturated rings. The largest absolute Gasteiger partial charge is 0.319 e. The van der Waals surface area contributed by atoms with Gasteiger partial charge in [-0.25, -0.2) is 0 Å². The number of hydrogen-bond donors (Lipinski definition) is 2. The number of thiophene rings is 1. The number of anilines is 1. The highest BCUT2D eigenvalue weighted by Gasteiger charge is 2.39. The maximum Gasteiger partial charge on any atom is 0.256 e. The second-order valence-corrected chi connectivity index (χ2v) is 8.80. The van der Waals surface area contributed by atoms with Crippen molar-refractivity contribution in [3.05, 3.63) is 33.8 Å². The summed E-state index contributed by atoms with van der Waals surface area (Å²) in [4.78, 5) is 13.8. The van der Waals surface area contributed by atoms with Crippen molar-refractivity contribution < 1.29 is 4.79 Å². The molecule has 2 aliphatic rings. The second-order valence-electron chi connectivity index (χ2n) is 7.85. The summed E-state index contributed by atoms with van der Waals surface area (Å²) in [5.74, 6) is 1.42. The van der Waals surface area contributed by atoms with Crippen LogP contribution >= 0.6 is 11.3 Å². The Labute approximate surface area is 159 Å². The molecule has 2 atom stereocenters. The molecule has 0 bridgehead atoms. The monoisotopic (exact) mass is 372 g/mol. The van der Waals surface area contributed by atoms with Crippen LogP contribution in [0.5, 0.6) is 0 Å². The van der Waals surface area contributed by atoms with E-state index >= 15 is 0 Å². The molecule has 26 heavy (non-hydrogen) atoms. The van der Waals surface area contributed by atoms with Gasteiger partial charge in [0.15, 0.2) is 0 Å². The lowest BCUT2D eigenvalue weighted by Crippen LogP contribution is -2.26. The summed E-state index contributed by atoms with van der Waals surface area (Å²) in [6.45, 7) is 3.07. The molecule has 2 heterocycles. The molecule has 2 aromatic heterocycles. The predicted octanol–water partition coefficient (Wildman–Crippen LogP) is 4.07. The van der Waals surface area contributed by atoms with Crippen LogP contribution in [0.15, 0.2) is 17.6 Å². The number of amides is 1. The lowest BCUT2D eigenvalue weighted by molar-refractivity contribution is 0.102. The zero-order valence-corrected chi connectivity index (χ0v) is 16.4. The SMILES string of the molecule is Cc1nn(C)cc1NC(=O)c1csc([C@@H]2CC2NCC2CCCCC2)c1. The molecule has 2 aromatic rings. The topological polar surface area (TPSA) is 59.0 Å². The van der Waals surface area contributed by atoms with E-state index in [-0.39, 0.29) is 5.91 Å². The van der Waals surface area contributed by atoms with Gasteiger partial charge in [-0.1, -0.05) is 19.3 Å². The van der Waals surface area contributed by atoms with Crippen molar-refractivity contribution in [3.63, 3.8) is 0 Å². The summed E-state index contributed by atoms with van der Waals surface area (Å²) in [7, 11) is 1.86. The summed E-state index contributed by atoms with van der Waals surface area (Å²) in [5, 5.41) is 13.0. The summed E-state index contributed by atoms with van der Waals surface area (Å²) >= 11 is 1.71. The molecule has 6 heteroatoms. The Balaban J connectivity index is 1.29. The normalized spacial score (nSPS) is 23.2. The Bertz CT molecular complexity index is 775. The van der Waals surface area contributed by atoms with E-state index in [2.05, 4.69) is 21.8 Å². The third-order valence-corrected chi connectivity index (χ3v) is 6.76. The van der Waals surface area contributed by atoms with Crippen LogP contribution in [0.2, 0.25) is 0 Å². The fraction of sp³-hybridized carbons (Fsp3) is 0.600. The quantitative estimate of drug-likeness (QED) is 0.804. The summed E-state index contributed by atoms with van der Waals surface area (Å²) < 4.78 is 1.72. The lowest BCUT2D eigenvalue weighted by atomic mass is 9.89. The van der Waals surface area contributed by atoms with Gasteiger partial charge >= 0.3 is 0 Å². The molecule has 2 aliphatic carbocycles. The number of nitrogens with one attached hydrogen (secondary N) is 2. The third kappa shape index (κ3) is 4.01. The first-order valence-corrected chi connectivity index (χ1v) is 10.6. The van der Waals surface area contributed by atoms with Crippen LogP contribution in [-0.4, -0.2) is 28.3 Å². The van der Waals surface area contributed by atoms with Crippen molar-refractivity contribution in [2.75, 3.05) is 11.9 Å². The zero-order valence-electron chi connectivity index (χ0n) is 15.6. The highest BCUT2D eigenvalue weighted by molar-refractivity contribution is 7.10. The van der Waals surface area contributed by atoms with E-state index in [4.69, 9.17) is 0 Å². The minimum absolute atomic E-state index is 0.0454. The number of hydrogen-bond acceptors (Lipinski definition) is 4. The van der Waals surface area contributed by atoms with Crippen molar-refractivity contribution in [3.8, 4) is 0 Å². The van der Waals surface area contributed by atoms with Crippen LogP contribution in [-0.2, 0) is 7.05 Å². The molecular weight excluding hydrogens is 344 g/mol. The molecule has 140 valence electrons. The van der Waals surface area contributed by atoms with Gasteiger partial charge in [-0.2, -0.15) is 5.10 Å². The lowest BCUT2D eigenvalue weighted by Gasteiger charge is -2.21. The van der Waals surface area contributed by atoms with E-state index < -0.39 is 0 Å². The molecule has 5 nitrogen and oxygen atoms in total. The Morgan fingerprint density at radius 1 is 1.35 bits per heavy atom. The van der Waals surface area contributed by atoms with Gasteiger partial charge in [0.05, 0.1) is 16.9 Å². The molecule has 2 N–H and O–H groups in total. The number of aryl methyl sites for hydroxylation is 2. The summed E-state index contributed by atoms with van der Waals surface area (Å²) in [6, 6.07) is 2.67. The molecule has 0 aromatic carbocycles. The Morgan fingerprint density at radius 3 is 2.88 bits per heavy atom. The molecule has 0 aliphatic heterocycles. The number of rotatable bonds is 6. The number of aromatic nitrogens is 2. The first kappa shape index (κ1) is 17.7. The maximum absolute atomic E-state index is 12.5. The fourth-order valence-electron chi connectivity index (χ4n) is 4.03. The van der Waals surface area contributed by atoms with E-state index in [0.717, 1.165) is 22.9 Å². The van der Waals surface area contributed by atoms with E-state index in [0.29, 0.717) is 12.0 Å². The van der Waals surface area contributed by atoms with Crippen LogP contribution in [0, 0.1) is 12.8 Å². The van der Waals surface area contributed by atoms with Crippen LogP contribution in [0.3, 0.4) is 0 Å². The van der Waals surface area contributed by atoms with Crippen molar-refractivity contribution in [1.29, 1.82) is 0 Å². The fourth-order valence-corrected chi connectivity index (χ4v) is 5.10. The summed E-state index contributed by atoms with van der Waals surface area (Å²) in [6.07, 6.45) is 10.0. The molecule has 4 rings (SSSR count). The van der Waals surface area contributed by atoms with Crippen molar-refractivity contribution >= 4 is 22.9 Å². The van der Waals surface area contributed by atoms with Crippen LogP contribution < -0.4 is 10.6 Å². The van der Waals surface area contributed by atoms with Gasteiger partial charge in [-0.3, -0.25) is 9.48 Å². The average Bonchev–Trinajstić information content (AvgIpc) is 3.10. The van der Waals surface area contributed by atoms with Crippen molar-refractivity contribution in [2.45, 2.75) is 57.4 Å². The Hall–Kier alpha value is -1.66. The molecule has 1 amide bonds. The first-order valence-electron chi connectivity index (χ1n) is 9.73. The van der Waals surface area contributed by atoms with Crippen molar-refractivity contribution in [1.82, 2.24) is 15.1 Å². The third-order valence-electron chi connectivity index (χ3n) is 5.69. The average molecular weight is 373 g/mol. The van der Waals surface area contributed by atoms with Crippen molar-refractivity contribution in [2.24, 2.45) is 13.0 Å². The first-order chi connectivity index (χ1) is 12.6. The Morgan fingerprint density at radius 2 is 2.15 bits per heavy atom. The molecular formula is C20H28N4OS.